The summed E-state index contributed by atoms with van der Waals surface area (Å²) in [6.45, 7) is 22.2. The van der Waals surface area contributed by atoms with Gasteiger partial charge in [-0.1, -0.05) is 336 Å². The second kappa shape index (κ2) is 31.9. The van der Waals surface area contributed by atoms with Crippen molar-refractivity contribution in [3.8, 4) is 89.0 Å². The van der Waals surface area contributed by atoms with E-state index in [0.29, 0.717) is 0 Å². The molecule has 2 aliphatic carbocycles. The molecule has 552 valence electrons. The second-order valence-electron chi connectivity index (χ2n) is 31.4. The highest BCUT2D eigenvalue weighted by molar-refractivity contribution is 9.10. The molecule has 0 aliphatic heterocycles. The Hall–Kier alpha value is -12.1. The van der Waals surface area contributed by atoms with E-state index >= 15 is 0 Å². The summed E-state index contributed by atoms with van der Waals surface area (Å²) in [7, 11) is 0. The largest absolute Gasteiger partial charge is 0.356 e. The standard InChI is InChI=1S/C67H56N2.C26H23N.C15H12Br2/c1-45-11-7-15-53(39-45)49-19-27-57(28-20-49)68(58-29-21-50(22-30-58)54-16-8-12-46(2)40-54)61-35-37-63-64-38-36-62(44-66(64)67(5,6)65(63)43-61)69(59-31-23-51(24-32-59)55-17-9-13-47(3)41-55)60-33-25-52(26-34-60)56-18-10-14-48(4)42-56;1-19-5-3-7-23(17-19)21-9-13-25(14-10-21)27-26-15-11-22(12-16-26)24-8-4-6-20(2)18-24;1-15(2)13-7-9(16)3-5-11(13)12-6-4-10(17)8-14(12)15/h7-44H,1-6H3;3-18,27H,1-2H3;3-8H,1-2H3. The van der Waals surface area contributed by atoms with E-state index in [2.05, 4.69) is 480 Å². The van der Waals surface area contributed by atoms with Gasteiger partial charge in [-0.15, -0.1) is 0 Å². The smallest absolute Gasteiger partial charge is 0.0465 e. The maximum Gasteiger partial charge on any atom is 0.0465 e. The van der Waals surface area contributed by atoms with E-state index in [9.17, 15) is 0 Å². The van der Waals surface area contributed by atoms with E-state index in [4.69, 9.17) is 0 Å². The Labute approximate surface area is 684 Å². The van der Waals surface area contributed by atoms with E-state index in [0.717, 1.165) is 54.4 Å². The molecule has 113 heavy (non-hydrogen) atoms. The van der Waals surface area contributed by atoms with Crippen molar-refractivity contribution in [3.05, 3.63) is 429 Å². The van der Waals surface area contributed by atoms with Crippen LogP contribution in [0.15, 0.2) is 373 Å². The number of halogens is 2. The number of anilines is 8. The third-order valence-corrected chi connectivity index (χ3v) is 23.4. The summed E-state index contributed by atoms with van der Waals surface area (Å²) in [6.07, 6.45) is 0. The Balaban J connectivity index is 0.000000176. The summed E-state index contributed by atoms with van der Waals surface area (Å²) in [5.74, 6) is 0. The monoisotopic (exact) mass is 1590 g/mol. The zero-order valence-corrected chi connectivity index (χ0v) is 69.0. The quantitative estimate of drug-likeness (QED) is 0.117. The van der Waals surface area contributed by atoms with Crippen molar-refractivity contribution in [1.29, 1.82) is 0 Å². The fraction of sp³-hybridized carbons (Fsp3) is 0.111. The maximum atomic E-state index is 3.57. The molecule has 0 amide bonds. The van der Waals surface area contributed by atoms with Gasteiger partial charge in [0.25, 0.3) is 0 Å². The number of aryl methyl sites for hydroxylation is 6. The first-order valence-electron chi connectivity index (χ1n) is 39.0. The summed E-state index contributed by atoms with van der Waals surface area (Å²) in [5.41, 5.74) is 41.7. The minimum absolute atomic E-state index is 0.0816. The Morgan fingerprint density at radius 2 is 0.407 bits per heavy atom. The number of hydrogen-bond donors (Lipinski definition) is 1. The second-order valence-corrected chi connectivity index (χ2v) is 33.3. The van der Waals surface area contributed by atoms with E-state index in [1.54, 1.807) is 0 Å². The summed E-state index contributed by atoms with van der Waals surface area (Å²) < 4.78 is 2.30. The van der Waals surface area contributed by atoms with Crippen LogP contribution in [0, 0.1) is 41.5 Å². The SMILES string of the molecule is CC1(C)c2cc(Br)ccc2-c2ccc(Br)cc21.Cc1cccc(-c2ccc(N(c3ccc(-c4cccc(C)c4)cc3)c3ccc4c(c3)C(C)(C)c3cc(N(c5ccc(-c6cccc(C)c6)cc5)c5ccc(-c6cccc(C)c6)cc5)ccc3-4)cc2)c1.Cc1cccc(-c2ccc(Nc3ccc(-c4cccc(C)c4)cc3)cc2)c1. The summed E-state index contributed by atoms with van der Waals surface area (Å²) in [6, 6.07) is 133. The molecular weight excluding hydrogens is 1500 g/mol. The van der Waals surface area contributed by atoms with Crippen molar-refractivity contribution in [2.75, 3.05) is 15.1 Å². The van der Waals surface area contributed by atoms with Gasteiger partial charge < -0.3 is 15.1 Å². The molecule has 16 aromatic carbocycles. The van der Waals surface area contributed by atoms with Gasteiger partial charge in [-0.25, -0.2) is 0 Å². The van der Waals surface area contributed by atoms with E-state index in [1.165, 1.54) is 145 Å². The highest BCUT2D eigenvalue weighted by Crippen LogP contribution is 2.54. The molecule has 1 N–H and O–H groups in total. The molecule has 2 aliphatic rings. The lowest BCUT2D eigenvalue weighted by molar-refractivity contribution is 0.659. The molecule has 0 heterocycles. The van der Waals surface area contributed by atoms with Crippen LogP contribution in [0.3, 0.4) is 0 Å². The van der Waals surface area contributed by atoms with Gasteiger partial charge in [0, 0.05) is 65.3 Å². The van der Waals surface area contributed by atoms with Crippen LogP contribution in [0.5, 0.6) is 0 Å². The number of fused-ring (bicyclic) bond motifs is 6. The highest BCUT2D eigenvalue weighted by Gasteiger charge is 2.38. The molecule has 0 bridgehead atoms. The van der Waals surface area contributed by atoms with Gasteiger partial charge in [0.15, 0.2) is 0 Å². The number of nitrogens with one attached hydrogen (secondary N) is 1. The first-order valence-corrected chi connectivity index (χ1v) is 40.6. The predicted octanol–water partition coefficient (Wildman–Crippen LogP) is 31.7. The van der Waals surface area contributed by atoms with Gasteiger partial charge in [0.1, 0.15) is 0 Å². The maximum absolute atomic E-state index is 3.57. The van der Waals surface area contributed by atoms with Crippen molar-refractivity contribution in [2.24, 2.45) is 0 Å². The van der Waals surface area contributed by atoms with Crippen molar-refractivity contribution < 1.29 is 0 Å². The highest BCUT2D eigenvalue weighted by atomic mass is 79.9. The summed E-state index contributed by atoms with van der Waals surface area (Å²) in [5, 5.41) is 3.48. The molecule has 0 saturated carbocycles. The molecule has 3 nitrogen and oxygen atoms in total. The van der Waals surface area contributed by atoms with Crippen molar-refractivity contribution in [2.45, 2.75) is 80.1 Å². The molecule has 18 rings (SSSR count). The molecule has 0 spiro atoms. The lowest BCUT2D eigenvalue weighted by Crippen LogP contribution is -2.17. The van der Waals surface area contributed by atoms with E-state index < -0.39 is 0 Å². The number of nitrogens with zero attached hydrogens (tertiary/aromatic N) is 2. The van der Waals surface area contributed by atoms with Crippen LogP contribution in [0.25, 0.3) is 89.0 Å². The van der Waals surface area contributed by atoms with Crippen LogP contribution in [0.4, 0.5) is 45.5 Å². The zero-order chi connectivity index (χ0) is 78.1. The van der Waals surface area contributed by atoms with Crippen LogP contribution < -0.4 is 15.1 Å². The Kier molecular flexibility index (Phi) is 21.2. The van der Waals surface area contributed by atoms with Crippen LogP contribution in [-0.4, -0.2) is 0 Å². The van der Waals surface area contributed by atoms with Crippen LogP contribution in [0.1, 0.15) is 83.3 Å². The lowest BCUT2D eigenvalue weighted by atomic mass is 9.82. The molecule has 0 radical (unpaired) electrons. The van der Waals surface area contributed by atoms with Gasteiger partial charge in [0.05, 0.1) is 0 Å². The van der Waals surface area contributed by atoms with Gasteiger partial charge >= 0.3 is 0 Å². The molecule has 0 saturated heterocycles. The molecule has 0 atom stereocenters. The van der Waals surface area contributed by atoms with Crippen molar-refractivity contribution >= 4 is 77.4 Å². The molecule has 0 fully saturated rings. The normalized spacial score (nSPS) is 12.4. The summed E-state index contributed by atoms with van der Waals surface area (Å²) >= 11 is 7.13. The fourth-order valence-corrected chi connectivity index (χ4v) is 17.1. The molecule has 0 unspecified atom stereocenters. The Morgan fingerprint density at radius 1 is 0.204 bits per heavy atom. The van der Waals surface area contributed by atoms with Crippen LogP contribution in [-0.2, 0) is 10.8 Å². The zero-order valence-electron chi connectivity index (χ0n) is 65.8. The number of hydrogen-bond acceptors (Lipinski definition) is 3. The predicted molar refractivity (Wildman–Crippen MR) is 490 cm³/mol. The first kappa shape index (κ1) is 74.9. The molecular formula is C108H91Br2N3. The van der Waals surface area contributed by atoms with Gasteiger partial charge in [-0.05, 0) is 274 Å². The molecule has 5 heteroatoms. The minimum Gasteiger partial charge on any atom is -0.356 e. The van der Waals surface area contributed by atoms with Gasteiger partial charge in [-0.2, -0.15) is 0 Å². The minimum atomic E-state index is -0.276. The van der Waals surface area contributed by atoms with Gasteiger partial charge in [-0.3, -0.25) is 0 Å². The third kappa shape index (κ3) is 16.1. The Morgan fingerprint density at radius 3 is 0.637 bits per heavy atom. The number of rotatable bonds is 14. The van der Waals surface area contributed by atoms with Crippen LogP contribution >= 0.6 is 31.9 Å². The average molecular weight is 1590 g/mol. The fourth-order valence-electron chi connectivity index (χ4n) is 16.4. The summed E-state index contributed by atoms with van der Waals surface area (Å²) in [4.78, 5) is 4.82. The molecule has 0 aromatic heterocycles. The Bertz CT molecular complexity index is 5600. The van der Waals surface area contributed by atoms with Gasteiger partial charge in [0.2, 0.25) is 0 Å². The molecule has 16 aromatic rings. The lowest BCUT2D eigenvalue weighted by Gasteiger charge is -2.29. The average Bonchev–Trinajstić information content (AvgIpc) is 1.58. The van der Waals surface area contributed by atoms with E-state index in [1.807, 2.05) is 0 Å². The topological polar surface area (TPSA) is 18.5 Å². The van der Waals surface area contributed by atoms with E-state index in [-0.39, 0.29) is 10.8 Å². The first-order chi connectivity index (χ1) is 54.7. The van der Waals surface area contributed by atoms with Crippen molar-refractivity contribution in [3.63, 3.8) is 0 Å². The third-order valence-electron chi connectivity index (χ3n) is 22.4. The number of benzene rings is 16. The van der Waals surface area contributed by atoms with Crippen LogP contribution in [0.2, 0.25) is 0 Å². The van der Waals surface area contributed by atoms with Crippen molar-refractivity contribution in [1.82, 2.24) is 0 Å².